The van der Waals surface area contributed by atoms with Crippen LogP contribution in [0.25, 0.3) is 0 Å². The first-order valence-corrected chi connectivity index (χ1v) is 6.58. The van der Waals surface area contributed by atoms with Gasteiger partial charge in [-0.05, 0) is 27.2 Å². The van der Waals surface area contributed by atoms with Crippen molar-refractivity contribution in [3.63, 3.8) is 0 Å². The van der Waals surface area contributed by atoms with Crippen LogP contribution in [0.5, 0.6) is 0 Å². The Balaban J connectivity index is 4.59. The molecule has 0 fully saturated rings. The van der Waals surface area contributed by atoms with E-state index in [1.807, 2.05) is 0 Å². The molecule has 8 heteroatoms. The van der Waals surface area contributed by atoms with Crippen LogP contribution in [0.1, 0.15) is 27.2 Å². The Morgan fingerprint density at radius 3 is 2.29 bits per heavy atom. The summed E-state index contributed by atoms with van der Waals surface area (Å²) in [7, 11) is -2.43. The molecule has 7 nitrogen and oxygen atoms in total. The van der Waals surface area contributed by atoms with E-state index in [1.165, 1.54) is 7.11 Å². The van der Waals surface area contributed by atoms with Crippen LogP contribution in [0.4, 0.5) is 0 Å². The van der Waals surface area contributed by atoms with Crippen LogP contribution in [0, 0.1) is 0 Å². The normalized spacial score (nSPS) is 14.6. The maximum absolute atomic E-state index is 11.6. The van der Waals surface area contributed by atoms with Gasteiger partial charge in [0.1, 0.15) is 6.04 Å². The molecule has 0 aliphatic heterocycles. The van der Waals surface area contributed by atoms with Crippen molar-refractivity contribution in [3.05, 3.63) is 0 Å². The highest BCUT2D eigenvalue weighted by molar-refractivity contribution is 7.87. The van der Waals surface area contributed by atoms with Crippen molar-refractivity contribution in [3.8, 4) is 0 Å². The highest BCUT2D eigenvalue weighted by Gasteiger charge is 2.26. The molecule has 0 spiro atoms. The number of methoxy groups -OCH3 is 1. The van der Waals surface area contributed by atoms with E-state index in [4.69, 9.17) is 9.84 Å². The predicted octanol–water partition coefficient (Wildman–Crippen LogP) is -0.301. The summed E-state index contributed by atoms with van der Waals surface area (Å²) in [6.45, 7) is 5.15. The molecule has 0 heterocycles. The van der Waals surface area contributed by atoms with Gasteiger partial charge in [-0.15, -0.1) is 0 Å². The average Bonchev–Trinajstić information content (AvgIpc) is 2.07. The first-order valence-electron chi connectivity index (χ1n) is 5.10. The summed E-state index contributed by atoms with van der Waals surface area (Å²) in [5.74, 6) is -1.23. The molecule has 0 aliphatic rings. The van der Waals surface area contributed by atoms with E-state index in [0.717, 1.165) is 0 Å². The standard InChI is InChI=1S/C9H20N2O5S/c1-9(2,3)11-17(14,15)10-7(8(12)13)5-6-16-4/h7,10-11H,5-6H2,1-4H3,(H,12,13). The van der Waals surface area contributed by atoms with Crippen molar-refractivity contribution >= 4 is 16.2 Å². The van der Waals surface area contributed by atoms with Gasteiger partial charge in [0.05, 0.1) is 0 Å². The maximum atomic E-state index is 11.6. The number of hydrogen-bond acceptors (Lipinski definition) is 4. The molecule has 1 unspecified atom stereocenters. The summed E-state index contributed by atoms with van der Waals surface area (Å²) in [5, 5.41) is 8.85. The Kier molecular flexibility index (Phi) is 6.03. The molecule has 3 N–H and O–H groups in total. The molecule has 1 atom stereocenters. The second-order valence-corrected chi connectivity index (χ2v) is 6.09. The number of rotatable bonds is 7. The quantitative estimate of drug-likeness (QED) is 0.588. The molecule has 102 valence electrons. The molecule has 0 saturated heterocycles. The van der Waals surface area contributed by atoms with Gasteiger partial charge >= 0.3 is 5.97 Å². The molecule has 0 rings (SSSR count). The van der Waals surface area contributed by atoms with Gasteiger partial charge < -0.3 is 9.84 Å². The molecular formula is C9H20N2O5S. The molecule has 0 saturated carbocycles. The van der Waals surface area contributed by atoms with Gasteiger partial charge in [0.15, 0.2) is 0 Å². The Bertz CT molecular complexity index is 347. The van der Waals surface area contributed by atoms with E-state index < -0.39 is 27.8 Å². The van der Waals surface area contributed by atoms with Crippen LogP contribution < -0.4 is 9.44 Å². The Labute approximate surface area is 102 Å². The minimum Gasteiger partial charge on any atom is -0.480 e. The number of carboxylic acid groups (broad SMARTS) is 1. The second kappa shape index (κ2) is 6.29. The third-order valence-electron chi connectivity index (χ3n) is 1.65. The molecule has 0 radical (unpaired) electrons. The molecule has 0 aromatic heterocycles. The predicted molar refractivity (Wildman–Crippen MR) is 62.9 cm³/mol. The number of ether oxygens (including phenoxy) is 1. The summed E-state index contributed by atoms with van der Waals surface area (Å²) in [6, 6.07) is -1.20. The largest absolute Gasteiger partial charge is 0.480 e. The van der Waals surface area contributed by atoms with E-state index in [2.05, 4.69) is 9.44 Å². The van der Waals surface area contributed by atoms with Crippen molar-refractivity contribution in [2.24, 2.45) is 0 Å². The lowest BCUT2D eigenvalue weighted by atomic mass is 10.1. The average molecular weight is 268 g/mol. The molecule has 0 bridgehead atoms. The molecule has 0 aromatic rings. The number of carbonyl (C=O) groups is 1. The maximum Gasteiger partial charge on any atom is 0.321 e. The second-order valence-electron chi connectivity index (χ2n) is 4.65. The third-order valence-corrected chi connectivity index (χ3v) is 3.12. The van der Waals surface area contributed by atoms with E-state index >= 15 is 0 Å². The van der Waals surface area contributed by atoms with Gasteiger partial charge in [-0.2, -0.15) is 17.9 Å². The van der Waals surface area contributed by atoms with Gasteiger partial charge in [-0.25, -0.2) is 0 Å². The van der Waals surface area contributed by atoms with Gasteiger partial charge in [-0.1, -0.05) is 0 Å². The molecule has 0 amide bonds. The van der Waals surface area contributed by atoms with Crippen LogP contribution >= 0.6 is 0 Å². The highest BCUT2D eigenvalue weighted by Crippen LogP contribution is 2.02. The van der Waals surface area contributed by atoms with Crippen molar-refractivity contribution in [1.29, 1.82) is 0 Å². The van der Waals surface area contributed by atoms with Crippen LogP contribution in [0.3, 0.4) is 0 Å². The van der Waals surface area contributed by atoms with E-state index in [-0.39, 0.29) is 13.0 Å². The Morgan fingerprint density at radius 1 is 1.41 bits per heavy atom. The SMILES string of the molecule is COCCC(NS(=O)(=O)NC(C)(C)C)C(=O)O. The molecule has 17 heavy (non-hydrogen) atoms. The zero-order chi connectivity index (χ0) is 13.7. The zero-order valence-corrected chi connectivity index (χ0v) is 11.3. The zero-order valence-electron chi connectivity index (χ0n) is 10.5. The summed E-state index contributed by atoms with van der Waals surface area (Å²) >= 11 is 0. The highest BCUT2D eigenvalue weighted by atomic mass is 32.2. The smallest absolute Gasteiger partial charge is 0.321 e. The van der Waals surface area contributed by atoms with Crippen molar-refractivity contribution < 1.29 is 23.1 Å². The van der Waals surface area contributed by atoms with Crippen molar-refractivity contribution in [2.75, 3.05) is 13.7 Å². The lowest BCUT2D eigenvalue weighted by molar-refractivity contribution is -0.139. The third kappa shape index (κ3) is 8.08. The van der Waals surface area contributed by atoms with E-state index in [1.54, 1.807) is 20.8 Å². The lowest BCUT2D eigenvalue weighted by Gasteiger charge is -2.22. The number of carboxylic acids is 1. The fourth-order valence-corrected chi connectivity index (χ4v) is 2.55. The minimum atomic E-state index is -3.85. The fourth-order valence-electron chi connectivity index (χ4n) is 1.09. The van der Waals surface area contributed by atoms with Gasteiger partial charge in [0, 0.05) is 19.3 Å². The van der Waals surface area contributed by atoms with Gasteiger partial charge in [-0.3, -0.25) is 4.79 Å². The minimum absolute atomic E-state index is 0.0664. The summed E-state index contributed by atoms with van der Waals surface area (Å²) in [6.07, 6.45) is 0.0664. The number of hydrogen-bond donors (Lipinski definition) is 3. The lowest BCUT2D eigenvalue weighted by Crippen LogP contribution is -2.52. The summed E-state index contributed by atoms with van der Waals surface area (Å²) in [5.41, 5.74) is -0.670. The van der Waals surface area contributed by atoms with Crippen LogP contribution in [0.15, 0.2) is 0 Å². The van der Waals surface area contributed by atoms with Gasteiger partial charge in [0.2, 0.25) is 0 Å². The number of aliphatic carboxylic acids is 1. The van der Waals surface area contributed by atoms with Crippen LogP contribution in [-0.4, -0.2) is 44.8 Å². The first-order chi connectivity index (χ1) is 7.57. The fraction of sp³-hybridized carbons (Fsp3) is 0.889. The summed E-state index contributed by atoms with van der Waals surface area (Å²) in [4.78, 5) is 10.8. The van der Waals surface area contributed by atoms with E-state index in [0.29, 0.717) is 0 Å². The monoisotopic (exact) mass is 268 g/mol. The van der Waals surface area contributed by atoms with Crippen LogP contribution in [0.2, 0.25) is 0 Å². The molecule has 0 aromatic carbocycles. The summed E-state index contributed by atoms with van der Waals surface area (Å²) < 4.78 is 32.3. The molecule has 0 aliphatic carbocycles. The van der Waals surface area contributed by atoms with Gasteiger partial charge in [0.25, 0.3) is 10.2 Å². The Morgan fingerprint density at radius 2 is 1.94 bits per heavy atom. The molecular weight excluding hydrogens is 248 g/mol. The van der Waals surface area contributed by atoms with Crippen LogP contribution in [-0.2, 0) is 19.7 Å². The van der Waals surface area contributed by atoms with E-state index in [9.17, 15) is 13.2 Å². The van der Waals surface area contributed by atoms with Crippen molar-refractivity contribution in [1.82, 2.24) is 9.44 Å². The Hall–Kier alpha value is -0.700. The van der Waals surface area contributed by atoms with Crippen molar-refractivity contribution in [2.45, 2.75) is 38.8 Å². The topological polar surface area (TPSA) is 105 Å². The first kappa shape index (κ1) is 16.3. The number of nitrogens with one attached hydrogen (secondary N) is 2.